The number of halogens is 1. The normalized spacial score (nSPS) is 10.7. The van der Waals surface area contributed by atoms with Crippen LogP contribution in [0.3, 0.4) is 0 Å². The Bertz CT molecular complexity index is 1050. The molecule has 0 bridgehead atoms. The molecule has 7 nitrogen and oxygen atoms in total. The largest absolute Gasteiger partial charge is 0.345 e. The van der Waals surface area contributed by atoms with Crippen molar-refractivity contribution in [3.8, 4) is 0 Å². The van der Waals surface area contributed by atoms with Gasteiger partial charge in [0.25, 0.3) is 5.91 Å². The Kier molecular flexibility index (Phi) is 8.08. The molecule has 31 heavy (non-hydrogen) atoms. The molecule has 0 saturated heterocycles. The molecule has 0 aliphatic carbocycles. The number of nitrogens with one attached hydrogen (secondary N) is 2. The Morgan fingerprint density at radius 1 is 1.06 bits per heavy atom. The number of aryl methyl sites for hydroxylation is 1. The number of anilines is 1. The SMILES string of the molecule is CCc1ccccc1NC(=O)CSc1nnc(CNC(=O)c2ccc(Cl)cc2)n1CC. The van der Waals surface area contributed by atoms with Gasteiger partial charge < -0.3 is 15.2 Å². The van der Waals surface area contributed by atoms with Gasteiger partial charge in [0.1, 0.15) is 0 Å². The minimum Gasteiger partial charge on any atom is -0.345 e. The number of aromatic nitrogens is 3. The summed E-state index contributed by atoms with van der Waals surface area (Å²) in [7, 11) is 0. The third-order valence-electron chi connectivity index (χ3n) is 4.63. The molecule has 0 aliphatic heterocycles. The highest BCUT2D eigenvalue weighted by Crippen LogP contribution is 2.19. The minimum atomic E-state index is -0.217. The number of thioether (sulfide) groups is 1. The summed E-state index contributed by atoms with van der Waals surface area (Å²) in [5.41, 5.74) is 2.44. The average molecular weight is 458 g/mol. The number of rotatable bonds is 9. The summed E-state index contributed by atoms with van der Waals surface area (Å²) < 4.78 is 1.89. The molecule has 0 radical (unpaired) electrons. The van der Waals surface area contributed by atoms with Crippen molar-refractivity contribution in [3.63, 3.8) is 0 Å². The van der Waals surface area contributed by atoms with E-state index in [0.29, 0.717) is 28.1 Å². The summed E-state index contributed by atoms with van der Waals surface area (Å²) >= 11 is 7.18. The zero-order valence-electron chi connectivity index (χ0n) is 17.4. The van der Waals surface area contributed by atoms with Crippen LogP contribution in [0, 0.1) is 0 Å². The molecule has 1 aromatic heterocycles. The van der Waals surface area contributed by atoms with Gasteiger partial charge in [-0.15, -0.1) is 10.2 Å². The van der Waals surface area contributed by atoms with Gasteiger partial charge >= 0.3 is 0 Å². The first-order valence-corrected chi connectivity index (χ1v) is 11.3. The highest BCUT2D eigenvalue weighted by molar-refractivity contribution is 7.99. The maximum Gasteiger partial charge on any atom is 0.251 e. The predicted molar refractivity (Wildman–Crippen MR) is 123 cm³/mol. The quantitative estimate of drug-likeness (QED) is 0.470. The van der Waals surface area contributed by atoms with Gasteiger partial charge in [-0.3, -0.25) is 9.59 Å². The monoisotopic (exact) mass is 457 g/mol. The first-order valence-electron chi connectivity index (χ1n) is 9.98. The molecule has 2 aromatic carbocycles. The van der Waals surface area contributed by atoms with Crippen LogP contribution < -0.4 is 10.6 Å². The minimum absolute atomic E-state index is 0.103. The zero-order valence-corrected chi connectivity index (χ0v) is 19.0. The Balaban J connectivity index is 1.57. The van der Waals surface area contributed by atoms with E-state index in [-0.39, 0.29) is 24.1 Å². The van der Waals surface area contributed by atoms with Crippen molar-refractivity contribution in [1.29, 1.82) is 0 Å². The molecule has 3 rings (SSSR count). The smallest absolute Gasteiger partial charge is 0.251 e. The Morgan fingerprint density at radius 3 is 2.52 bits per heavy atom. The molecule has 2 amide bonds. The van der Waals surface area contributed by atoms with Crippen molar-refractivity contribution in [2.45, 2.75) is 38.5 Å². The van der Waals surface area contributed by atoms with Crippen LogP contribution in [0.15, 0.2) is 53.7 Å². The van der Waals surface area contributed by atoms with E-state index in [1.54, 1.807) is 24.3 Å². The van der Waals surface area contributed by atoms with Gasteiger partial charge in [0, 0.05) is 22.8 Å². The second-order valence-electron chi connectivity index (χ2n) is 6.68. The molecule has 9 heteroatoms. The maximum absolute atomic E-state index is 12.4. The lowest BCUT2D eigenvalue weighted by molar-refractivity contribution is -0.113. The first kappa shape index (κ1) is 22.8. The van der Waals surface area contributed by atoms with Crippen LogP contribution in [0.5, 0.6) is 0 Å². The Hall–Kier alpha value is -2.84. The van der Waals surface area contributed by atoms with E-state index in [9.17, 15) is 9.59 Å². The number of carbonyl (C=O) groups is 2. The lowest BCUT2D eigenvalue weighted by Crippen LogP contribution is -2.24. The first-order chi connectivity index (χ1) is 15.0. The highest BCUT2D eigenvalue weighted by Gasteiger charge is 2.15. The third kappa shape index (κ3) is 6.08. The van der Waals surface area contributed by atoms with Gasteiger partial charge in [-0.2, -0.15) is 0 Å². The van der Waals surface area contributed by atoms with Crippen LogP contribution >= 0.6 is 23.4 Å². The van der Waals surface area contributed by atoms with Crippen LogP contribution in [0.4, 0.5) is 5.69 Å². The van der Waals surface area contributed by atoms with Crippen molar-refractivity contribution < 1.29 is 9.59 Å². The van der Waals surface area contributed by atoms with Crippen LogP contribution in [0.25, 0.3) is 0 Å². The van der Waals surface area contributed by atoms with Crippen molar-refractivity contribution in [2.75, 3.05) is 11.1 Å². The number of amides is 2. The fourth-order valence-corrected chi connectivity index (χ4v) is 3.95. The molecule has 1 heterocycles. The highest BCUT2D eigenvalue weighted by atomic mass is 35.5. The number of nitrogens with zero attached hydrogens (tertiary/aromatic N) is 3. The van der Waals surface area contributed by atoms with Gasteiger partial charge in [-0.25, -0.2) is 0 Å². The van der Waals surface area contributed by atoms with Crippen molar-refractivity contribution in [1.82, 2.24) is 20.1 Å². The van der Waals surface area contributed by atoms with Crippen molar-refractivity contribution in [2.24, 2.45) is 0 Å². The van der Waals surface area contributed by atoms with E-state index in [2.05, 4.69) is 27.8 Å². The average Bonchev–Trinajstić information content (AvgIpc) is 3.18. The summed E-state index contributed by atoms with van der Waals surface area (Å²) in [4.78, 5) is 24.7. The standard InChI is InChI=1S/C22H24ClN5O2S/c1-3-15-7-5-6-8-18(15)25-20(29)14-31-22-27-26-19(28(22)4-2)13-24-21(30)16-9-11-17(23)12-10-16/h5-12H,3-4,13-14H2,1-2H3,(H,24,30)(H,25,29). The maximum atomic E-state index is 12.4. The molecule has 3 aromatic rings. The van der Waals surface area contributed by atoms with Crippen LogP contribution in [-0.4, -0.2) is 32.3 Å². The molecular formula is C22H24ClN5O2S. The van der Waals surface area contributed by atoms with E-state index in [1.165, 1.54) is 11.8 Å². The second-order valence-corrected chi connectivity index (χ2v) is 8.06. The van der Waals surface area contributed by atoms with Crippen molar-refractivity contribution >= 4 is 40.9 Å². The Morgan fingerprint density at radius 2 is 1.81 bits per heavy atom. The van der Waals surface area contributed by atoms with Crippen LogP contribution in [-0.2, 0) is 24.3 Å². The molecule has 0 saturated carbocycles. The van der Waals surface area contributed by atoms with Crippen LogP contribution in [0.1, 0.15) is 35.6 Å². The second kappa shape index (κ2) is 11.0. The number of carbonyl (C=O) groups excluding carboxylic acids is 2. The van der Waals surface area contributed by atoms with Gasteiger partial charge in [0.15, 0.2) is 11.0 Å². The Labute approximate surface area is 190 Å². The predicted octanol–water partition coefficient (Wildman–Crippen LogP) is 4.17. The number of benzene rings is 2. The lowest BCUT2D eigenvalue weighted by atomic mass is 10.1. The molecule has 162 valence electrons. The molecule has 0 aliphatic rings. The molecule has 0 fully saturated rings. The molecule has 2 N–H and O–H groups in total. The van der Waals surface area contributed by atoms with Crippen molar-refractivity contribution in [3.05, 3.63) is 70.5 Å². The van der Waals surface area contributed by atoms with E-state index in [4.69, 9.17) is 11.6 Å². The van der Waals surface area contributed by atoms with Crippen LogP contribution in [0.2, 0.25) is 5.02 Å². The summed E-state index contributed by atoms with van der Waals surface area (Å²) in [5, 5.41) is 15.4. The van der Waals surface area contributed by atoms with Gasteiger partial charge in [0.05, 0.1) is 12.3 Å². The summed E-state index contributed by atoms with van der Waals surface area (Å²) in [6.45, 7) is 4.88. The fourth-order valence-electron chi connectivity index (χ4n) is 3.00. The van der Waals surface area contributed by atoms with Gasteiger partial charge in [-0.1, -0.05) is 48.5 Å². The number of para-hydroxylation sites is 1. The summed E-state index contributed by atoms with van der Waals surface area (Å²) in [5.74, 6) is 0.525. The lowest BCUT2D eigenvalue weighted by Gasteiger charge is -2.10. The zero-order chi connectivity index (χ0) is 22.2. The van der Waals surface area contributed by atoms with Gasteiger partial charge in [-0.05, 0) is 49.2 Å². The van der Waals surface area contributed by atoms with E-state index < -0.39 is 0 Å². The van der Waals surface area contributed by atoms with Gasteiger partial charge in [0.2, 0.25) is 5.91 Å². The molecule has 0 spiro atoms. The van der Waals surface area contributed by atoms with E-state index >= 15 is 0 Å². The molecular weight excluding hydrogens is 434 g/mol. The summed E-state index contributed by atoms with van der Waals surface area (Å²) in [6, 6.07) is 14.4. The fraction of sp³-hybridized carbons (Fsp3) is 0.273. The van der Waals surface area contributed by atoms with E-state index in [1.807, 2.05) is 35.8 Å². The molecule has 0 atom stereocenters. The molecule has 0 unspecified atom stereocenters. The topological polar surface area (TPSA) is 88.9 Å². The number of hydrogen-bond acceptors (Lipinski definition) is 5. The number of hydrogen-bond donors (Lipinski definition) is 2. The third-order valence-corrected chi connectivity index (χ3v) is 5.85. The summed E-state index contributed by atoms with van der Waals surface area (Å²) in [6.07, 6.45) is 0.846. The van der Waals surface area contributed by atoms with E-state index in [0.717, 1.165) is 17.7 Å².